The highest BCUT2D eigenvalue weighted by molar-refractivity contribution is 8.00. The van der Waals surface area contributed by atoms with E-state index in [0.717, 1.165) is 0 Å². The van der Waals surface area contributed by atoms with E-state index in [2.05, 4.69) is 19.1 Å². The molecule has 1 aromatic rings. The van der Waals surface area contributed by atoms with Crippen LogP contribution in [0.1, 0.15) is 6.92 Å². The molecule has 5 heteroatoms. The lowest BCUT2D eigenvalue weighted by Crippen LogP contribution is -2.55. The van der Waals surface area contributed by atoms with Crippen molar-refractivity contribution < 1.29 is 14.2 Å². The highest BCUT2D eigenvalue weighted by Gasteiger charge is 2.69. The van der Waals surface area contributed by atoms with Crippen molar-refractivity contribution in [2.75, 3.05) is 13.2 Å². The van der Waals surface area contributed by atoms with E-state index in [4.69, 9.17) is 25.8 Å². The number of hydrogen-bond acceptors (Lipinski definition) is 4. The van der Waals surface area contributed by atoms with Gasteiger partial charge in [-0.3, -0.25) is 0 Å². The average molecular weight is 313 g/mol. The van der Waals surface area contributed by atoms with Gasteiger partial charge in [-0.2, -0.15) is 0 Å². The fourth-order valence-corrected chi connectivity index (χ4v) is 5.39. The number of halogens is 1. The molecule has 3 saturated heterocycles. The summed E-state index contributed by atoms with van der Waals surface area (Å²) in [7, 11) is 0. The van der Waals surface area contributed by atoms with Crippen molar-refractivity contribution in [2.45, 2.75) is 40.4 Å². The molecule has 1 spiro atoms. The SMILES string of the molecule is C[C@H]1[C@H]2O[C@H]([C@H](Sc3ccccc3)[C@H]2Cl)C12OCCO2. The summed E-state index contributed by atoms with van der Waals surface area (Å²) in [6, 6.07) is 10.3. The number of thioether (sulfide) groups is 1. The maximum Gasteiger partial charge on any atom is 0.201 e. The van der Waals surface area contributed by atoms with Crippen molar-refractivity contribution >= 4 is 23.4 Å². The van der Waals surface area contributed by atoms with Gasteiger partial charge in [0.25, 0.3) is 0 Å². The first kappa shape index (κ1) is 13.4. The lowest BCUT2D eigenvalue weighted by molar-refractivity contribution is -0.207. The van der Waals surface area contributed by atoms with Crippen molar-refractivity contribution in [1.29, 1.82) is 0 Å². The number of hydrogen-bond donors (Lipinski definition) is 0. The third-order valence-electron chi connectivity index (χ3n) is 4.51. The fraction of sp³-hybridized carbons (Fsp3) is 0.600. The minimum absolute atomic E-state index is 0.00127. The van der Waals surface area contributed by atoms with Crippen LogP contribution in [0.4, 0.5) is 0 Å². The zero-order chi connectivity index (χ0) is 13.7. The lowest BCUT2D eigenvalue weighted by atomic mass is 9.84. The molecule has 3 nitrogen and oxygen atoms in total. The monoisotopic (exact) mass is 312 g/mol. The zero-order valence-corrected chi connectivity index (χ0v) is 12.8. The van der Waals surface area contributed by atoms with Gasteiger partial charge in [0.2, 0.25) is 5.79 Å². The van der Waals surface area contributed by atoms with Gasteiger partial charge in [-0.15, -0.1) is 23.4 Å². The summed E-state index contributed by atoms with van der Waals surface area (Å²) in [6.07, 6.45) is -0.0707. The molecule has 3 fully saturated rings. The van der Waals surface area contributed by atoms with Gasteiger partial charge in [-0.05, 0) is 12.1 Å². The number of alkyl halides is 1. The first-order valence-corrected chi connectivity index (χ1v) is 8.33. The third-order valence-corrected chi connectivity index (χ3v) is 6.53. The van der Waals surface area contributed by atoms with Gasteiger partial charge >= 0.3 is 0 Å². The Balaban J connectivity index is 1.61. The van der Waals surface area contributed by atoms with Crippen molar-refractivity contribution in [2.24, 2.45) is 5.92 Å². The molecule has 5 atom stereocenters. The van der Waals surface area contributed by atoms with Crippen LogP contribution in [0.15, 0.2) is 35.2 Å². The standard InChI is InChI=1S/C15H17ClO3S/c1-9-12-11(16)13(20-10-5-3-2-4-6-10)14(19-12)15(9)17-7-8-18-15/h2-6,9,11-14H,7-8H2,1H3/t9-,11-,12+,13+,14+/m0/s1. The van der Waals surface area contributed by atoms with E-state index in [1.54, 1.807) is 11.8 Å². The Bertz CT molecular complexity index is 491. The summed E-state index contributed by atoms with van der Waals surface area (Å²) in [5, 5.41) is 0.164. The summed E-state index contributed by atoms with van der Waals surface area (Å²) in [5.41, 5.74) is 0. The Morgan fingerprint density at radius 1 is 1.20 bits per heavy atom. The molecule has 0 radical (unpaired) electrons. The molecule has 108 valence electrons. The molecule has 20 heavy (non-hydrogen) atoms. The zero-order valence-electron chi connectivity index (χ0n) is 11.2. The topological polar surface area (TPSA) is 27.7 Å². The molecule has 0 N–H and O–H groups in total. The van der Waals surface area contributed by atoms with E-state index in [9.17, 15) is 0 Å². The third kappa shape index (κ3) is 1.79. The van der Waals surface area contributed by atoms with Gasteiger partial charge in [0.15, 0.2) is 0 Å². The molecular weight excluding hydrogens is 296 g/mol. The molecular formula is C15H17ClO3S. The second kappa shape index (κ2) is 4.89. The quantitative estimate of drug-likeness (QED) is 0.785. The Hall–Kier alpha value is -0.260. The van der Waals surface area contributed by atoms with Crippen molar-refractivity contribution in [3.05, 3.63) is 30.3 Å². The maximum atomic E-state index is 6.62. The largest absolute Gasteiger partial charge is 0.366 e. The summed E-state index contributed by atoms with van der Waals surface area (Å²) in [5.74, 6) is -0.396. The van der Waals surface area contributed by atoms with Gasteiger partial charge in [-0.1, -0.05) is 25.1 Å². The van der Waals surface area contributed by atoms with Crippen LogP contribution in [0, 0.1) is 5.92 Å². The Morgan fingerprint density at radius 2 is 1.90 bits per heavy atom. The smallest absolute Gasteiger partial charge is 0.201 e. The first-order chi connectivity index (χ1) is 9.72. The molecule has 0 aromatic heterocycles. The van der Waals surface area contributed by atoms with Crippen LogP contribution in [0.3, 0.4) is 0 Å². The van der Waals surface area contributed by atoms with Gasteiger partial charge < -0.3 is 14.2 Å². The normalized spacial score (nSPS) is 41.6. The van der Waals surface area contributed by atoms with Crippen LogP contribution < -0.4 is 0 Å². The minimum Gasteiger partial charge on any atom is -0.366 e. The van der Waals surface area contributed by atoms with Crippen LogP contribution >= 0.6 is 23.4 Å². The van der Waals surface area contributed by atoms with E-state index >= 15 is 0 Å². The van der Waals surface area contributed by atoms with Crippen LogP contribution in [0.5, 0.6) is 0 Å². The van der Waals surface area contributed by atoms with Crippen molar-refractivity contribution in [1.82, 2.24) is 0 Å². The molecule has 1 aromatic carbocycles. The molecule has 0 unspecified atom stereocenters. The second-order valence-corrected chi connectivity index (χ2v) is 7.32. The second-order valence-electron chi connectivity index (χ2n) is 5.57. The average Bonchev–Trinajstić information content (AvgIpc) is 3.13. The van der Waals surface area contributed by atoms with Gasteiger partial charge in [0.1, 0.15) is 6.10 Å². The van der Waals surface area contributed by atoms with Gasteiger partial charge in [-0.25, -0.2) is 0 Å². The summed E-state index contributed by atoms with van der Waals surface area (Å²) in [6.45, 7) is 3.41. The summed E-state index contributed by atoms with van der Waals surface area (Å²) < 4.78 is 18.0. The molecule has 2 bridgehead atoms. The maximum absolute atomic E-state index is 6.62. The Kier molecular flexibility index (Phi) is 3.28. The minimum atomic E-state index is -0.581. The lowest BCUT2D eigenvalue weighted by Gasteiger charge is -2.39. The molecule has 3 aliphatic rings. The molecule has 0 saturated carbocycles. The van der Waals surface area contributed by atoms with E-state index < -0.39 is 5.79 Å². The van der Waals surface area contributed by atoms with Gasteiger partial charge in [0.05, 0.1) is 29.9 Å². The molecule has 3 heterocycles. The molecule has 0 amide bonds. The number of rotatable bonds is 2. The van der Waals surface area contributed by atoms with E-state index in [1.165, 1.54) is 4.90 Å². The predicted octanol–water partition coefficient (Wildman–Crippen LogP) is 2.91. The predicted molar refractivity (Wildman–Crippen MR) is 78.2 cm³/mol. The summed E-state index contributed by atoms with van der Waals surface area (Å²) in [4.78, 5) is 1.21. The molecule has 4 rings (SSSR count). The van der Waals surface area contributed by atoms with Crippen LogP contribution in [-0.2, 0) is 14.2 Å². The first-order valence-electron chi connectivity index (χ1n) is 7.01. The molecule has 3 aliphatic heterocycles. The molecule has 0 aliphatic carbocycles. The van der Waals surface area contributed by atoms with Crippen molar-refractivity contribution in [3.63, 3.8) is 0 Å². The Labute approximate surface area is 127 Å². The van der Waals surface area contributed by atoms with Crippen molar-refractivity contribution in [3.8, 4) is 0 Å². The van der Waals surface area contributed by atoms with Gasteiger partial charge in [0, 0.05) is 10.8 Å². The van der Waals surface area contributed by atoms with E-state index in [0.29, 0.717) is 13.2 Å². The Morgan fingerprint density at radius 3 is 2.55 bits per heavy atom. The number of fused-ring (bicyclic) bond motifs is 3. The highest BCUT2D eigenvalue weighted by Crippen LogP contribution is 2.56. The van der Waals surface area contributed by atoms with Crippen LogP contribution in [0.25, 0.3) is 0 Å². The summed E-state index contributed by atoms with van der Waals surface area (Å²) >= 11 is 8.39. The fourth-order valence-electron chi connectivity index (χ4n) is 3.54. The highest BCUT2D eigenvalue weighted by atomic mass is 35.5. The van der Waals surface area contributed by atoms with Crippen LogP contribution in [0.2, 0.25) is 0 Å². The van der Waals surface area contributed by atoms with E-state index in [1.807, 2.05) is 18.2 Å². The number of benzene rings is 1. The number of ether oxygens (including phenoxy) is 3. The van der Waals surface area contributed by atoms with E-state index in [-0.39, 0.29) is 28.8 Å². The van der Waals surface area contributed by atoms with Crippen LogP contribution in [-0.4, -0.2) is 41.8 Å².